The van der Waals surface area contributed by atoms with Crippen LogP contribution in [0.2, 0.25) is 0 Å². The van der Waals surface area contributed by atoms with Crippen molar-refractivity contribution in [1.29, 1.82) is 0 Å². The van der Waals surface area contributed by atoms with Crippen LogP contribution < -0.4 is 15.2 Å². The van der Waals surface area contributed by atoms with E-state index in [-0.39, 0.29) is 5.91 Å². The number of ether oxygens (including phenoxy) is 2. The molecule has 0 fully saturated rings. The van der Waals surface area contributed by atoms with E-state index in [1.54, 1.807) is 14.2 Å². The van der Waals surface area contributed by atoms with Gasteiger partial charge in [0.15, 0.2) is 15.8 Å². The quantitative estimate of drug-likeness (QED) is 0.807. The van der Waals surface area contributed by atoms with Gasteiger partial charge in [-0.1, -0.05) is 23.1 Å². The van der Waals surface area contributed by atoms with Crippen molar-refractivity contribution in [3.63, 3.8) is 0 Å². The van der Waals surface area contributed by atoms with Gasteiger partial charge in [-0.25, -0.2) is 0 Å². The molecule has 0 radical (unpaired) electrons. The number of aromatic nitrogens is 2. The van der Waals surface area contributed by atoms with E-state index in [2.05, 4.69) is 10.2 Å². The highest BCUT2D eigenvalue weighted by Gasteiger charge is 2.23. The first kappa shape index (κ1) is 16.8. The fourth-order valence-electron chi connectivity index (χ4n) is 2.59. The van der Waals surface area contributed by atoms with E-state index in [0.717, 1.165) is 17.7 Å². The lowest BCUT2D eigenvalue weighted by molar-refractivity contribution is -0.129. The number of carbonyl (C=O) groups is 1. The van der Waals surface area contributed by atoms with Crippen LogP contribution in [-0.4, -0.2) is 47.5 Å². The molecular weight excluding hydrogens is 348 g/mol. The van der Waals surface area contributed by atoms with Gasteiger partial charge < -0.3 is 20.1 Å². The summed E-state index contributed by atoms with van der Waals surface area (Å²) in [5.74, 6) is 1.82. The number of rotatable bonds is 5. The first-order chi connectivity index (χ1) is 11.6. The van der Waals surface area contributed by atoms with Gasteiger partial charge in [0, 0.05) is 13.1 Å². The van der Waals surface area contributed by atoms with Crippen molar-refractivity contribution >= 4 is 34.1 Å². The van der Waals surface area contributed by atoms with Crippen molar-refractivity contribution in [1.82, 2.24) is 15.1 Å². The molecule has 0 saturated heterocycles. The molecule has 1 aliphatic rings. The number of nitrogen functional groups attached to an aromatic ring is 1. The average Bonchev–Trinajstić information content (AvgIpc) is 3.03. The number of fused-ring (bicyclic) bond motifs is 1. The standard InChI is InChI=1S/C15H18N4O3S2/c1-21-11-5-9-3-4-19(7-10(9)6-12(11)22-2)13(20)8-23-15-18-17-14(16)24-15/h5-6H,3-4,7-8H2,1-2H3,(H2,16,17). The monoisotopic (exact) mass is 366 g/mol. The predicted molar refractivity (Wildman–Crippen MR) is 93.7 cm³/mol. The van der Waals surface area contributed by atoms with Crippen LogP contribution in [0.3, 0.4) is 0 Å². The molecule has 0 saturated carbocycles. The molecule has 2 N–H and O–H groups in total. The summed E-state index contributed by atoms with van der Waals surface area (Å²) in [5.41, 5.74) is 7.84. The number of nitrogens with zero attached hydrogens (tertiary/aromatic N) is 3. The first-order valence-corrected chi connectivity index (χ1v) is 9.14. The van der Waals surface area contributed by atoms with Gasteiger partial charge in [0.2, 0.25) is 11.0 Å². The minimum absolute atomic E-state index is 0.0780. The van der Waals surface area contributed by atoms with E-state index in [9.17, 15) is 4.79 Å². The van der Waals surface area contributed by atoms with Gasteiger partial charge in [-0.3, -0.25) is 4.79 Å². The van der Waals surface area contributed by atoms with E-state index in [1.165, 1.54) is 28.7 Å². The Hall–Kier alpha value is -2.00. The molecular formula is C15H18N4O3S2. The molecule has 1 aromatic carbocycles. The average molecular weight is 366 g/mol. The number of benzene rings is 1. The van der Waals surface area contributed by atoms with Crippen molar-refractivity contribution in [3.8, 4) is 11.5 Å². The highest BCUT2D eigenvalue weighted by atomic mass is 32.2. The maximum absolute atomic E-state index is 12.4. The zero-order chi connectivity index (χ0) is 17.1. The van der Waals surface area contributed by atoms with Gasteiger partial charge in [0.25, 0.3) is 0 Å². The Morgan fingerprint density at radius 1 is 1.29 bits per heavy atom. The highest BCUT2D eigenvalue weighted by Crippen LogP contribution is 2.33. The molecule has 0 bridgehead atoms. The molecule has 0 aliphatic carbocycles. The summed E-state index contributed by atoms with van der Waals surface area (Å²) >= 11 is 2.66. The molecule has 9 heteroatoms. The third kappa shape index (κ3) is 3.57. The number of thioether (sulfide) groups is 1. The lowest BCUT2D eigenvalue weighted by atomic mass is 9.99. The van der Waals surface area contributed by atoms with Crippen molar-refractivity contribution in [2.45, 2.75) is 17.3 Å². The summed E-state index contributed by atoms with van der Waals surface area (Å²) in [6.45, 7) is 1.27. The van der Waals surface area contributed by atoms with Crippen molar-refractivity contribution in [3.05, 3.63) is 23.3 Å². The molecule has 2 heterocycles. The Bertz CT molecular complexity index is 750. The topological polar surface area (TPSA) is 90.6 Å². The van der Waals surface area contributed by atoms with Crippen LogP contribution in [0.15, 0.2) is 16.5 Å². The molecule has 3 rings (SSSR count). The van der Waals surface area contributed by atoms with Crippen molar-refractivity contribution < 1.29 is 14.3 Å². The van der Waals surface area contributed by atoms with E-state index in [0.29, 0.717) is 34.1 Å². The van der Waals surface area contributed by atoms with Crippen molar-refractivity contribution in [2.24, 2.45) is 0 Å². The Kier molecular flexibility index (Phi) is 5.10. The number of carbonyl (C=O) groups excluding carboxylic acids is 1. The number of nitrogens with two attached hydrogens (primary N) is 1. The van der Waals surface area contributed by atoms with E-state index < -0.39 is 0 Å². The maximum atomic E-state index is 12.4. The number of amides is 1. The third-order valence-electron chi connectivity index (χ3n) is 3.81. The fourth-order valence-corrected chi connectivity index (χ4v) is 4.13. The van der Waals surface area contributed by atoms with Gasteiger partial charge in [0.05, 0.1) is 20.0 Å². The summed E-state index contributed by atoms with van der Waals surface area (Å²) in [7, 11) is 3.24. The SMILES string of the molecule is COc1cc2c(cc1OC)CN(C(=O)CSc1nnc(N)s1)CC2. The van der Waals surface area contributed by atoms with Crippen LogP contribution in [0.4, 0.5) is 5.13 Å². The Morgan fingerprint density at radius 2 is 2.00 bits per heavy atom. The van der Waals surface area contributed by atoms with Gasteiger partial charge in [0.1, 0.15) is 0 Å². The fraction of sp³-hybridized carbons (Fsp3) is 0.400. The minimum Gasteiger partial charge on any atom is -0.493 e. The van der Waals surface area contributed by atoms with Crippen LogP contribution in [0.5, 0.6) is 11.5 Å². The molecule has 1 aliphatic heterocycles. The number of hydrogen-bond donors (Lipinski definition) is 1. The maximum Gasteiger partial charge on any atom is 0.233 e. The second-order valence-electron chi connectivity index (χ2n) is 5.24. The lowest BCUT2D eigenvalue weighted by Gasteiger charge is -2.29. The summed E-state index contributed by atoms with van der Waals surface area (Å²) in [5, 5.41) is 8.08. The van der Waals surface area contributed by atoms with Crippen LogP contribution in [0.25, 0.3) is 0 Å². The van der Waals surface area contributed by atoms with Crippen molar-refractivity contribution in [2.75, 3.05) is 32.3 Å². The summed E-state index contributed by atoms with van der Waals surface area (Å²) in [6, 6.07) is 3.95. The smallest absolute Gasteiger partial charge is 0.233 e. The Morgan fingerprint density at radius 3 is 2.62 bits per heavy atom. The van der Waals surface area contributed by atoms with E-state index in [4.69, 9.17) is 15.2 Å². The Balaban J connectivity index is 1.66. The third-order valence-corrected chi connectivity index (χ3v) is 5.68. The van der Waals surface area contributed by atoms with Crippen LogP contribution >= 0.6 is 23.1 Å². The summed E-state index contributed by atoms with van der Waals surface area (Å²) < 4.78 is 11.4. The highest BCUT2D eigenvalue weighted by molar-refractivity contribution is 8.01. The lowest BCUT2D eigenvalue weighted by Crippen LogP contribution is -2.37. The van der Waals surface area contributed by atoms with Gasteiger partial charge in [-0.05, 0) is 29.7 Å². The van der Waals surface area contributed by atoms with E-state index >= 15 is 0 Å². The van der Waals surface area contributed by atoms with Crippen LogP contribution in [0, 0.1) is 0 Å². The number of anilines is 1. The second-order valence-corrected chi connectivity index (χ2v) is 7.47. The molecule has 0 atom stereocenters. The molecule has 1 amide bonds. The normalized spacial score (nSPS) is 13.5. The number of hydrogen-bond acceptors (Lipinski definition) is 8. The largest absolute Gasteiger partial charge is 0.493 e. The molecule has 0 unspecified atom stereocenters. The molecule has 2 aromatic rings. The molecule has 1 aromatic heterocycles. The van der Waals surface area contributed by atoms with Crippen LogP contribution in [0.1, 0.15) is 11.1 Å². The molecule has 0 spiro atoms. The summed E-state index contributed by atoms with van der Waals surface area (Å²) in [6.07, 6.45) is 0.803. The predicted octanol–water partition coefficient (Wildman–Crippen LogP) is 1.81. The van der Waals surface area contributed by atoms with Gasteiger partial charge >= 0.3 is 0 Å². The van der Waals surface area contributed by atoms with Crippen LogP contribution in [-0.2, 0) is 17.8 Å². The zero-order valence-electron chi connectivity index (χ0n) is 13.4. The first-order valence-electron chi connectivity index (χ1n) is 7.34. The minimum atomic E-state index is 0.0780. The molecule has 24 heavy (non-hydrogen) atoms. The molecule has 128 valence electrons. The molecule has 7 nitrogen and oxygen atoms in total. The van der Waals surface area contributed by atoms with E-state index in [1.807, 2.05) is 17.0 Å². The Labute approximate surface area is 148 Å². The number of methoxy groups -OCH3 is 2. The zero-order valence-corrected chi connectivity index (χ0v) is 15.1. The van der Waals surface area contributed by atoms with Gasteiger partial charge in [-0.15, -0.1) is 10.2 Å². The summed E-state index contributed by atoms with van der Waals surface area (Å²) in [4.78, 5) is 14.3. The second kappa shape index (κ2) is 7.27. The van der Waals surface area contributed by atoms with Gasteiger partial charge in [-0.2, -0.15) is 0 Å².